The second-order valence-electron chi connectivity index (χ2n) is 5.83. The number of aromatic nitrogens is 3. The van der Waals surface area contributed by atoms with Gasteiger partial charge < -0.3 is 10.1 Å². The van der Waals surface area contributed by atoms with Crippen LogP contribution in [0.15, 0.2) is 30.6 Å². The summed E-state index contributed by atoms with van der Waals surface area (Å²) in [6.45, 7) is 6.75. The summed E-state index contributed by atoms with van der Waals surface area (Å²) in [5.41, 5.74) is 3.35. The summed E-state index contributed by atoms with van der Waals surface area (Å²) in [5.74, 6) is 0.462. The molecule has 2 aromatic rings. The molecule has 0 unspecified atom stereocenters. The van der Waals surface area contributed by atoms with Crippen LogP contribution in [0.25, 0.3) is 0 Å². The summed E-state index contributed by atoms with van der Waals surface area (Å²) < 4.78 is 8.12. The van der Waals surface area contributed by atoms with E-state index in [4.69, 9.17) is 4.74 Å². The van der Waals surface area contributed by atoms with E-state index in [0.29, 0.717) is 5.92 Å². The molecule has 0 amide bonds. The molecule has 1 aliphatic rings. The lowest BCUT2D eigenvalue weighted by Gasteiger charge is -2.32. The molecule has 1 fully saturated rings. The second kappa shape index (κ2) is 6.92. The molecule has 0 aromatic carbocycles. The number of aryl methyl sites for hydroxylation is 2. The molecule has 1 aliphatic heterocycles. The molecule has 0 spiro atoms. The van der Waals surface area contributed by atoms with Crippen LogP contribution in [0.3, 0.4) is 0 Å². The van der Waals surface area contributed by atoms with Crippen molar-refractivity contribution in [3.05, 3.63) is 42.0 Å². The standard InChI is InChI=1S/C17H24N4O/c1-3-21-16(7-9-20-21)17-14(5-4-10-22-17)12-19-15-6-8-18-13(2)11-15/h6-9,11,14,17H,3-5,10,12H2,1-2H3,(H,18,19)/t14-,17+/m0/s1. The Morgan fingerprint density at radius 2 is 2.27 bits per heavy atom. The molecule has 0 aliphatic carbocycles. The predicted octanol–water partition coefficient (Wildman–Crippen LogP) is 3.19. The van der Waals surface area contributed by atoms with Crippen LogP contribution >= 0.6 is 0 Å². The minimum absolute atomic E-state index is 0.131. The van der Waals surface area contributed by atoms with E-state index in [-0.39, 0.29) is 6.10 Å². The van der Waals surface area contributed by atoms with E-state index < -0.39 is 0 Å². The van der Waals surface area contributed by atoms with E-state index in [1.54, 1.807) is 0 Å². The fourth-order valence-corrected chi connectivity index (χ4v) is 3.13. The van der Waals surface area contributed by atoms with Crippen LogP contribution < -0.4 is 5.32 Å². The minimum Gasteiger partial charge on any atom is -0.385 e. The zero-order chi connectivity index (χ0) is 15.4. The maximum Gasteiger partial charge on any atom is 0.104 e. The van der Waals surface area contributed by atoms with Gasteiger partial charge in [0.25, 0.3) is 0 Å². The molecule has 3 rings (SSSR count). The molecule has 2 atom stereocenters. The first kappa shape index (κ1) is 15.0. The Bertz CT molecular complexity index is 610. The van der Waals surface area contributed by atoms with Gasteiger partial charge in [-0.05, 0) is 44.9 Å². The van der Waals surface area contributed by atoms with Crippen molar-refractivity contribution in [2.75, 3.05) is 18.5 Å². The van der Waals surface area contributed by atoms with Gasteiger partial charge in [0, 0.05) is 49.4 Å². The van der Waals surface area contributed by atoms with Crippen molar-refractivity contribution in [2.45, 2.75) is 39.3 Å². The Labute approximate surface area is 131 Å². The van der Waals surface area contributed by atoms with Crippen LogP contribution in [0, 0.1) is 12.8 Å². The van der Waals surface area contributed by atoms with Crippen molar-refractivity contribution in [3.8, 4) is 0 Å². The third-order valence-electron chi connectivity index (χ3n) is 4.25. The Balaban J connectivity index is 1.70. The van der Waals surface area contributed by atoms with Crippen molar-refractivity contribution in [3.63, 3.8) is 0 Å². The molecule has 5 nitrogen and oxygen atoms in total. The zero-order valence-electron chi connectivity index (χ0n) is 13.3. The maximum atomic E-state index is 6.08. The number of ether oxygens (including phenoxy) is 1. The van der Waals surface area contributed by atoms with Crippen LogP contribution in [0.5, 0.6) is 0 Å². The third kappa shape index (κ3) is 3.30. The molecular weight excluding hydrogens is 276 g/mol. The Hall–Kier alpha value is -1.88. The summed E-state index contributed by atoms with van der Waals surface area (Å²) in [6.07, 6.45) is 6.15. The SMILES string of the molecule is CCn1nccc1[C@@H]1OCCC[C@H]1CNc1ccnc(C)c1. The van der Waals surface area contributed by atoms with Gasteiger partial charge in [0.05, 0.1) is 5.69 Å². The summed E-state index contributed by atoms with van der Waals surface area (Å²) in [5, 5.41) is 7.92. The van der Waals surface area contributed by atoms with Crippen LogP contribution in [0.1, 0.15) is 37.3 Å². The molecule has 3 heterocycles. The van der Waals surface area contributed by atoms with Gasteiger partial charge in [0.15, 0.2) is 0 Å². The van der Waals surface area contributed by atoms with Crippen molar-refractivity contribution >= 4 is 5.69 Å². The number of pyridine rings is 1. The Kier molecular flexibility index (Phi) is 4.73. The normalized spacial score (nSPS) is 21.7. The molecular formula is C17H24N4O. The number of hydrogen-bond donors (Lipinski definition) is 1. The van der Waals surface area contributed by atoms with Gasteiger partial charge >= 0.3 is 0 Å². The van der Waals surface area contributed by atoms with E-state index in [1.807, 2.05) is 30.1 Å². The average molecular weight is 300 g/mol. The predicted molar refractivity (Wildman–Crippen MR) is 86.8 cm³/mol. The van der Waals surface area contributed by atoms with E-state index in [9.17, 15) is 0 Å². The van der Waals surface area contributed by atoms with Gasteiger partial charge in [-0.1, -0.05) is 0 Å². The van der Waals surface area contributed by atoms with Gasteiger partial charge in [-0.2, -0.15) is 5.10 Å². The van der Waals surface area contributed by atoms with E-state index in [2.05, 4.69) is 34.5 Å². The average Bonchev–Trinajstić information content (AvgIpc) is 3.02. The van der Waals surface area contributed by atoms with Crippen molar-refractivity contribution in [1.29, 1.82) is 0 Å². The quantitative estimate of drug-likeness (QED) is 0.921. The Morgan fingerprint density at radius 1 is 1.36 bits per heavy atom. The van der Waals surface area contributed by atoms with Crippen molar-refractivity contribution < 1.29 is 4.74 Å². The molecule has 1 saturated heterocycles. The number of rotatable bonds is 5. The number of hydrogen-bond acceptors (Lipinski definition) is 4. The summed E-state index contributed by atoms with van der Waals surface area (Å²) >= 11 is 0. The third-order valence-corrected chi connectivity index (χ3v) is 4.25. The lowest BCUT2D eigenvalue weighted by molar-refractivity contribution is -0.0288. The van der Waals surface area contributed by atoms with Crippen LogP contribution in [0.2, 0.25) is 0 Å². The second-order valence-corrected chi connectivity index (χ2v) is 5.83. The summed E-state index contributed by atoms with van der Waals surface area (Å²) in [4.78, 5) is 4.24. The van der Waals surface area contributed by atoms with Crippen LogP contribution in [-0.4, -0.2) is 27.9 Å². The van der Waals surface area contributed by atoms with Gasteiger partial charge in [-0.25, -0.2) is 0 Å². The maximum absolute atomic E-state index is 6.08. The number of anilines is 1. The van der Waals surface area contributed by atoms with Crippen LogP contribution in [0.4, 0.5) is 5.69 Å². The van der Waals surface area contributed by atoms with Gasteiger partial charge in [-0.15, -0.1) is 0 Å². The first-order valence-corrected chi connectivity index (χ1v) is 8.07. The lowest BCUT2D eigenvalue weighted by Crippen LogP contribution is -2.30. The van der Waals surface area contributed by atoms with E-state index >= 15 is 0 Å². The molecule has 0 radical (unpaired) electrons. The highest BCUT2D eigenvalue weighted by Gasteiger charge is 2.29. The molecule has 1 N–H and O–H groups in total. The number of nitrogens with one attached hydrogen (secondary N) is 1. The molecule has 22 heavy (non-hydrogen) atoms. The molecule has 5 heteroatoms. The van der Waals surface area contributed by atoms with E-state index in [1.165, 1.54) is 12.1 Å². The van der Waals surface area contributed by atoms with Gasteiger partial charge in [0.1, 0.15) is 6.10 Å². The fourth-order valence-electron chi connectivity index (χ4n) is 3.13. The van der Waals surface area contributed by atoms with Crippen LogP contribution in [-0.2, 0) is 11.3 Å². The molecule has 0 bridgehead atoms. The first-order valence-electron chi connectivity index (χ1n) is 8.07. The highest BCUT2D eigenvalue weighted by molar-refractivity contribution is 5.43. The molecule has 0 saturated carbocycles. The monoisotopic (exact) mass is 300 g/mol. The van der Waals surface area contributed by atoms with Gasteiger partial charge in [-0.3, -0.25) is 9.67 Å². The summed E-state index contributed by atoms with van der Waals surface area (Å²) in [7, 11) is 0. The fraction of sp³-hybridized carbons (Fsp3) is 0.529. The summed E-state index contributed by atoms with van der Waals surface area (Å²) in [6, 6.07) is 6.18. The van der Waals surface area contributed by atoms with E-state index in [0.717, 1.165) is 37.5 Å². The number of nitrogens with zero attached hydrogens (tertiary/aromatic N) is 3. The largest absolute Gasteiger partial charge is 0.385 e. The topological polar surface area (TPSA) is 52.0 Å². The minimum atomic E-state index is 0.131. The van der Waals surface area contributed by atoms with Crippen molar-refractivity contribution in [1.82, 2.24) is 14.8 Å². The first-order chi connectivity index (χ1) is 10.8. The van der Waals surface area contributed by atoms with Gasteiger partial charge in [0.2, 0.25) is 0 Å². The lowest BCUT2D eigenvalue weighted by atomic mass is 9.92. The molecule has 2 aromatic heterocycles. The molecule has 118 valence electrons. The zero-order valence-corrected chi connectivity index (χ0v) is 13.3. The Morgan fingerprint density at radius 3 is 3.09 bits per heavy atom. The van der Waals surface area contributed by atoms with Crippen molar-refractivity contribution in [2.24, 2.45) is 5.92 Å². The highest BCUT2D eigenvalue weighted by Crippen LogP contribution is 2.33. The highest BCUT2D eigenvalue weighted by atomic mass is 16.5. The smallest absolute Gasteiger partial charge is 0.104 e.